The molecule has 4 heterocycles. The molecule has 9 rings (SSSR count). The van der Waals surface area contributed by atoms with E-state index in [4.69, 9.17) is 4.42 Å². The molecule has 0 radical (unpaired) electrons. The van der Waals surface area contributed by atoms with Gasteiger partial charge in [0.1, 0.15) is 28.5 Å². The zero-order valence-corrected chi connectivity index (χ0v) is 22.5. The van der Waals surface area contributed by atoms with Crippen molar-refractivity contribution in [3.63, 3.8) is 0 Å². The van der Waals surface area contributed by atoms with Gasteiger partial charge in [0.05, 0.1) is 12.1 Å². The number of pyridine rings is 1. The lowest BCUT2D eigenvalue weighted by atomic mass is 9.61. The van der Waals surface area contributed by atoms with E-state index in [-0.39, 0.29) is 29.2 Å². The number of nitrogens with zero attached hydrogens (tertiary/aromatic N) is 3. The monoisotopic (exact) mass is 567 g/mol. The molecule has 212 valence electrons. The summed E-state index contributed by atoms with van der Waals surface area (Å²) in [6, 6.07) is 6.41. The number of rotatable bonds is 5. The van der Waals surface area contributed by atoms with E-state index < -0.39 is 29.6 Å². The number of carboxylic acids is 1. The number of aromatic nitrogens is 4. The summed E-state index contributed by atoms with van der Waals surface area (Å²) >= 11 is 0. The Hall–Kier alpha value is -4.60. The summed E-state index contributed by atoms with van der Waals surface area (Å²) in [5.41, 5.74) is 2.88. The van der Waals surface area contributed by atoms with Gasteiger partial charge in [0.15, 0.2) is 17.5 Å². The number of hydrogen-bond acceptors (Lipinski definition) is 6. The number of aryl methyl sites for hydroxylation is 1. The summed E-state index contributed by atoms with van der Waals surface area (Å²) in [4.78, 5) is 28.8. The molecule has 0 saturated heterocycles. The molecule has 2 atom stereocenters. The number of halogens is 2. The highest BCUT2D eigenvalue weighted by molar-refractivity contribution is 5.99. The smallest absolute Gasteiger partial charge is 0.308 e. The molecule has 4 aliphatic carbocycles. The Bertz CT molecular complexity index is 1920. The number of fused-ring (bicyclic) bond motifs is 7. The first-order valence-corrected chi connectivity index (χ1v) is 14.4. The summed E-state index contributed by atoms with van der Waals surface area (Å²) in [6.07, 6.45) is 12.0. The van der Waals surface area contributed by atoms with Crippen molar-refractivity contribution in [3.05, 3.63) is 65.7 Å². The highest BCUT2D eigenvalue weighted by atomic mass is 19.1. The van der Waals surface area contributed by atoms with E-state index >= 15 is 4.39 Å². The van der Waals surface area contributed by atoms with Gasteiger partial charge in [0.2, 0.25) is 0 Å². The zero-order valence-electron chi connectivity index (χ0n) is 22.5. The number of carbonyl (C=O) groups is 1. The minimum Gasteiger partial charge on any atom is -0.481 e. The van der Waals surface area contributed by atoms with Crippen LogP contribution in [0.25, 0.3) is 50.7 Å². The Labute approximate surface area is 238 Å². The molecule has 8 nitrogen and oxygen atoms in total. The number of H-pyrrole nitrogens is 1. The minimum atomic E-state index is -0.881. The van der Waals surface area contributed by atoms with Crippen LogP contribution in [-0.4, -0.2) is 37.1 Å². The van der Waals surface area contributed by atoms with Crippen LogP contribution in [0.3, 0.4) is 0 Å². The largest absolute Gasteiger partial charge is 0.481 e. The molecule has 2 unspecified atom stereocenters. The quantitative estimate of drug-likeness (QED) is 0.210. The third kappa shape index (κ3) is 3.84. The van der Waals surface area contributed by atoms with Crippen LogP contribution >= 0.6 is 0 Å². The summed E-state index contributed by atoms with van der Waals surface area (Å²) in [5, 5.41) is 14.7. The number of nitrogens with one attached hydrogen (secondary N) is 2. The number of anilines is 1. The molecule has 0 spiro atoms. The molecule has 3 N–H and O–H groups in total. The minimum absolute atomic E-state index is 0.0229. The molecule has 4 aromatic heterocycles. The Morgan fingerprint density at radius 1 is 1.07 bits per heavy atom. The number of allylic oxidation sites excluding steroid dienone is 1. The first kappa shape index (κ1) is 25.1. The fourth-order valence-electron chi connectivity index (χ4n) is 7.33. The second-order valence-corrected chi connectivity index (χ2v) is 11.6. The van der Waals surface area contributed by atoms with Crippen LogP contribution in [0.2, 0.25) is 0 Å². The van der Waals surface area contributed by atoms with E-state index in [1.807, 2.05) is 18.2 Å². The molecule has 42 heavy (non-hydrogen) atoms. The molecule has 5 aromatic rings. The number of aliphatic carboxylic acids is 1. The fraction of sp³-hybridized carbons (Fsp3) is 0.312. The molecule has 2 bridgehead atoms. The normalized spacial score (nSPS) is 23.0. The van der Waals surface area contributed by atoms with E-state index in [0.29, 0.717) is 27.7 Å². The van der Waals surface area contributed by atoms with E-state index in [0.717, 1.165) is 61.4 Å². The molecule has 4 aliphatic rings. The van der Waals surface area contributed by atoms with Crippen molar-refractivity contribution >= 4 is 39.9 Å². The third-order valence-corrected chi connectivity index (χ3v) is 9.31. The van der Waals surface area contributed by atoms with E-state index in [2.05, 4.69) is 31.3 Å². The van der Waals surface area contributed by atoms with Crippen LogP contribution in [0.5, 0.6) is 0 Å². The van der Waals surface area contributed by atoms with Gasteiger partial charge >= 0.3 is 5.97 Å². The summed E-state index contributed by atoms with van der Waals surface area (Å²) in [5.74, 6) is -1.68. The molecule has 3 saturated carbocycles. The third-order valence-electron chi connectivity index (χ3n) is 9.31. The van der Waals surface area contributed by atoms with Crippen LogP contribution in [-0.2, 0) is 11.2 Å². The standard InChI is InChI=1S/C32H27F2N5O3/c33-17-12-21-22(14-36-29(21)35-13-17)30-38-27(20-6-3-5-19-18-4-1-2-7-23(18)42-28(19)20)25(34)31(39-30)37-26-16-10-8-15(9-11-16)24(26)32(40)41/h1,3-6,12-16,24,26H,2,7-11H2,(H,35,36)(H,40,41)(H,37,38,39). The second-order valence-electron chi connectivity index (χ2n) is 11.6. The van der Waals surface area contributed by atoms with E-state index in [1.165, 1.54) is 6.07 Å². The highest BCUT2D eigenvalue weighted by Crippen LogP contribution is 2.47. The number of aromatic amines is 1. The van der Waals surface area contributed by atoms with Crippen molar-refractivity contribution in [3.8, 4) is 22.6 Å². The van der Waals surface area contributed by atoms with Crippen molar-refractivity contribution in [1.82, 2.24) is 19.9 Å². The molecule has 3 fully saturated rings. The predicted molar refractivity (Wildman–Crippen MR) is 154 cm³/mol. The summed E-state index contributed by atoms with van der Waals surface area (Å²) < 4.78 is 37.1. The SMILES string of the molecule is O=C(O)C1C2CCC(CC2)C1Nc1nc(-c2c[nH]c3ncc(F)cc23)nc(-c2cccc3c4c(oc23)CCC=C4)c1F. The van der Waals surface area contributed by atoms with Crippen molar-refractivity contribution < 1.29 is 23.1 Å². The number of benzene rings is 1. The molecular formula is C32H27F2N5O3. The van der Waals surface area contributed by atoms with Gasteiger partial charge in [-0.3, -0.25) is 4.79 Å². The lowest BCUT2D eigenvalue weighted by Gasteiger charge is -2.47. The zero-order chi connectivity index (χ0) is 28.5. The summed E-state index contributed by atoms with van der Waals surface area (Å²) in [7, 11) is 0. The predicted octanol–water partition coefficient (Wildman–Crippen LogP) is 6.97. The molecular weight excluding hydrogens is 540 g/mol. The summed E-state index contributed by atoms with van der Waals surface area (Å²) in [6.45, 7) is 0. The van der Waals surface area contributed by atoms with Gasteiger partial charge in [-0.1, -0.05) is 24.3 Å². The second kappa shape index (κ2) is 9.47. The van der Waals surface area contributed by atoms with Crippen molar-refractivity contribution in [1.29, 1.82) is 0 Å². The van der Waals surface area contributed by atoms with Crippen LogP contribution < -0.4 is 5.32 Å². The van der Waals surface area contributed by atoms with Crippen LogP contribution in [0.4, 0.5) is 14.6 Å². The van der Waals surface area contributed by atoms with Gasteiger partial charge in [-0.25, -0.2) is 23.7 Å². The van der Waals surface area contributed by atoms with Gasteiger partial charge in [0.25, 0.3) is 0 Å². The van der Waals surface area contributed by atoms with Crippen molar-refractivity contribution in [2.24, 2.45) is 17.8 Å². The fourth-order valence-corrected chi connectivity index (χ4v) is 7.33. The Morgan fingerprint density at radius 2 is 1.90 bits per heavy atom. The first-order valence-electron chi connectivity index (χ1n) is 14.4. The number of hydrogen-bond donors (Lipinski definition) is 3. The number of carboxylic acid groups (broad SMARTS) is 1. The Kier molecular flexibility index (Phi) is 5.67. The molecule has 0 amide bonds. The number of para-hydroxylation sites is 1. The Morgan fingerprint density at radius 3 is 2.74 bits per heavy atom. The lowest BCUT2D eigenvalue weighted by Crippen LogP contribution is -2.51. The van der Waals surface area contributed by atoms with Gasteiger partial charge in [-0.2, -0.15) is 0 Å². The molecule has 1 aromatic carbocycles. The topological polar surface area (TPSA) is 117 Å². The van der Waals surface area contributed by atoms with Crippen LogP contribution in [0, 0.1) is 29.4 Å². The lowest BCUT2D eigenvalue weighted by molar-refractivity contribution is -0.148. The maximum absolute atomic E-state index is 16.6. The van der Waals surface area contributed by atoms with Crippen molar-refractivity contribution in [2.45, 2.75) is 44.6 Å². The van der Waals surface area contributed by atoms with Crippen LogP contribution in [0.15, 0.2) is 47.2 Å². The van der Waals surface area contributed by atoms with Gasteiger partial charge < -0.3 is 19.8 Å². The van der Waals surface area contributed by atoms with Crippen LogP contribution in [0.1, 0.15) is 43.4 Å². The van der Waals surface area contributed by atoms with Gasteiger partial charge in [-0.15, -0.1) is 0 Å². The molecule has 0 aliphatic heterocycles. The van der Waals surface area contributed by atoms with Crippen molar-refractivity contribution in [2.75, 3.05) is 5.32 Å². The van der Waals surface area contributed by atoms with Gasteiger partial charge in [-0.05, 0) is 56.1 Å². The van der Waals surface area contributed by atoms with E-state index in [9.17, 15) is 14.3 Å². The maximum atomic E-state index is 16.6. The van der Waals surface area contributed by atoms with Gasteiger partial charge in [0, 0.05) is 46.1 Å². The average molecular weight is 568 g/mol. The Balaban J connectivity index is 1.33. The highest BCUT2D eigenvalue weighted by Gasteiger charge is 2.47. The molecule has 10 heteroatoms. The maximum Gasteiger partial charge on any atom is 0.308 e. The van der Waals surface area contributed by atoms with E-state index in [1.54, 1.807) is 12.3 Å². The average Bonchev–Trinajstić information content (AvgIpc) is 3.60. The first-order chi connectivity index (χ1) is 20.5. The number of furan rings is 1.